The summed E-state index contributed by atoms with van der Waals surface area (Å²) < 4.78 is 45.1. The number of rotatable bonds is 7. The van der Waals surface area contributed by atoms with Crippen molar-refractivity contribution in [2.45, 2.75) is 13.3 Å². The van der Waals surface area contributed by atoms with Crippen LogP contribution in [0.4, 0.5) is 13.2 Å². The number of hydrogen-bond acceptors (Lipinski definition) is 3. The van der Waals surface area contributed by atoms with Gasteiger partial charge in [0.25, 0.3) is 0 Å². The van der Waals surface area contributed by atoms with E-state index in [0.29, 0.717) is 18.7 Å². The molecule has 0 saturated heterocycles. The molecule has 112 valence electrons. The molecule has 20 heavy (non-hydrogen) atoms. The number of alkyl halides is 3. The number of methoxy groups -OCH3 is 1. The maximum Gasteiger partial charge on any atom is 0.573 e. The van der Waals surface area contributed by atoms with E-state index < -0.39 is 6.36 Å². The number of hydrogen-bond donors (Lipinski definition) is 1. The van der Waals surface area contributed by atoms with Crippen LogP contribution in [0.25, 0.3) is 6.08 Å². The minimum atomic E-state index is -4.67. The van der Waals surface area contributed by atoms with E-state index in [1.54, 1.807) is 13.2 Å². The standard InChI is InChI=1S/C14H18F3NO2/c1-11(10-18-6-7-19-2)8-12-4-3-5-13(9-12)20-14(15,16)17/h3-5,8-9,18H,6-7,10H2,1-2H3/b11-8+. The van der Waals surface area contributed by atoms with Crippen molar-refractivity contribution in [1.82, 2.24) is 5.32 Å². The zero-order chi connectivity index (χ0) is 15.0. The zero-order valence-corrected chi connectivity index (χ0v) is 11.5. The Morgan fingerprint density at radius 1 is 1.35 bits per heavy atom. The molecule has 0 aromatic heterocycles. The number of halogens is 3. The SMILES string of the molecule is COCCNC/C(C)=C/c1cccc(OC(F)(F)F)c1. The van der Waals surface area contributed by atoms with Crippen LogP contribution in [-0.2, 0) is 4.74 Å². The van der Waals surface area contributed by atoms with Gasteiger partial charge in [0, 0.05) is 20.2 Å². The van der Waals surface area contributed by atoms with Gasteiger partial charge in [0.15, 0.2) is 0 Å². The first kappa shape index (κ1) is 16.5. The molecule has 0 aliphatic heterocycles. The molecule has 1 rings (SSSR count). The Balaban J connectivity index is 2.60. The molecule has 0 bridgehead atoms. The second-order valence-electron chi connectivity index (χ2n) is 4.28. The minimum Gasteiger partial charge on any atom is -0.406 e. The van der Waals surface area contributed by atoms with Crippen molar-refractivity contribution in [2.24, 2.45) is 0 Å². The van der Waals surface area contributed by atoms with Gasteiger partial charge in [-0.1, -0.05) is 23.8 Å². The molecule has 0 aliphatic rings. The normalized spacial score (nSPS) is 12.6. The van der Waals surface area contributed by atoms with Crippen LogP contribution in [-0.4, -0.2) is 33.2 Å². The summed E-state index contributed by atoms with van der Waals surface area (Å²) in [5.74, 6) is -0.216. The Morgan fingerprint density at radius 3 is 2.75 bits per heavy atom. The highest BCUT2D eigenvalue weighted by Gasteiger charge is 2.30. The van der Waals surface area contributed by atoms with Crippen molar-refractivity contribution in [3.63, 3.8) is 0 Å². The Morgan fingerprint density at radius 2 is 2.10 bits per heavy atom. The van der Waals surface area contributed by atoms with Crippen LogP contribution in [0.5, 0.6) is 5.75 Å². The van der Waals surface area contributed by atoms with Gasteiger partial charge in [-0.05, 0) is 24.6 Å². The molecule has 0 atom stereocenters. The Hall–Kier alpha value is -1.53. The highest BCUT2D eigenvalue weighted by Crippen LogP contribution is 2.24. The quantitative estimate of drug-likeness (QED) is 0.782. The summed E-state index contributed by atoms with van der Waals surface area (Å²) in [7, 11) is 1.62. The highest BCUT2D eigenvalue weighted by atomic mass is 19.4. The van der Waals surface area contributed by atoms with Crippen molar-refractivity contribution in [3.8, 4) is 5.75 Å². The number of nitrogens with one attached hydrogen (secondary N) is 1. The van der Waals surface area contributed by atoms with Gasteiger partial charge in [0.2, 0.25) is 0 Å². The van der Waals surface area contributed by atoms with Crippen LogP contribution < -0.4 is 10.1 Å². The fraction of sp³-hybridized carbons (Fsp3) is 0.429. The number of benzene rings is 1. The predicted molar refractivity (Wildman–Crippen MR) is 71.5 cm³/mol. The molecule has 1 aromatic carbocycles. The molecular formula is C14H18F3NO2. The highest BCUT2D eigenvalue weighted by molar-refractivity contribution is 5.54. The minimum absolute atomic E-state index is 0.216. The molecule has 1 N–H and O–H groups in total. The average molecular weight is 289 g/mol. The molecule has 0 heterocycles. The summed E-state index contributed by atoms with van der Waals surface area (Å²) >= 11 is 0. The maximum absolute atomic E-state index is 12.1. The number of ether oxygens (including phenoxy) is 2. The van der Waals surface area contributed by atoms with Gasteiger partial charge in [-0.15, -0.1) is 13.2 Å². The van der Waals surface area contributed by atoms with Crippen LogP contribution in [0.1, 0.15) is 12.5 Å². The van der Waals surface area contributed by atoms with Crippen molar-refractivity contribution in [1.29, 1.82) is 0 Å². The largest absolute Gasteiger partial charge is 0.573 e. The summed E-state index contributed by atoms with van der Waals surface area (Å²) in [6.07, 6.45) is -2.86. The van der Waals surface area contributed by atoms with Gasteiger partial charge in [-0.25, -0.2) is 0 Å². The summed E-state index contributed by atoms with van der Waals surface area (Å²) in [6, 6.07) is 5.88. The fourth-order valence-corrected chi connectivity index (χ4v) is 1.60. The third-order valence-electron chi connectivity index (χ3n) is 2.39. The van der Waals surface area contributed by atoms with Crippen molar-refractivity contribution >= 4 is 6.08 Å². The van der Waals surface area contributed by atoms with Crippen LogP contribution in [0.15, 0.2) is 29.8 Å². The van der Waals surface area contributed by atoms with Gasteiger partial charge in [0.05, 0.1) is 6.61 Å². The molecule has 6 heteroatoms. The lowest BCUT2D eigenvalue weighted by molar-refractivity contribution is -0.274. The van der Waals surface area contributed by atoms with E-state index in [2.05, 4.69) is 10.1 Å². The molecule has 0 amide bonds. The van der Waals surface area contributed by atoms with E-state index in [-0.39, 0.29) is 5.75 Å². The van der Waals surface area contributed by atoms with E-state index in [4.69, 9.17) is 4.74 Å². The molecule has 0 saturated carbocycles. The van der Waals surface area contributed by atoms with Gasteiger partial charge in [-0.3, -0.25) is 0 Å². The molecule has 0 spiro atoms. The van der Waals surface area contributed by atoms with Gasteiger partial charge >= 0.3 is 6.36 Å². The van der Waals surface area contributed by atoms with Gasteiger partial charge < -0.3 is 14.8 Å². The average Bonchev–Trinajstić information content (AvgIpc) is 2.33. The summed E-state index contributed by atoms with van der Waals surface area (Å²) in [5, 5.41) is 3.15. The summed E-state index contributed by atoms with van der Waals surface area (Å²) in [5.41, 5.74) is 1.67. The molecule has 0 fully saturated rings. The summed E-state index contributed by atoms with van der Waals surface area (Å²) in [4.78, 5) is 0. The lowest BCUT2D eigenvalue weighted by atomic mass is 10.1. The monoisotopic (exact) mass is 289 g/mol. The first-order chi connectivity index (χ1) is 9.40. The van der Waals surface area contributed by atoms with E-state index in [1.165, 1.54) is 18.2 Å². The van der Waals surface area contributed by atoms with Crippen LogP contribution in [0, 0.1) is 0 Å². The predicted octanol–water partition coefficient (Wildman–Crippen LogP) is 3.22. The smallest absolute Gasteiger partial charge is 0.406 e. The van der Waals surface area contributed by atoms with Crippen molar-refractivity contribution < 1.29 is 22.6 Å². The van der Waals surface area contributed by atoms with Crippen molar-refractivity contribution in [3.05, 3.63) is 35.4 Å². The van der Waals surface area contributed by atoms with Crippen molar-refractivity contribution in [2.75, 3.05) is 26.8 Å². The molecule has 1 aromatic rings. The molecule has 0 aliphatic carbocycles. The van der Waals surface area contributed by atoms with E-state index in [1.807, 2.05) is 13.0 Å². The molecule has 0 radical (unpaired) electrons. The van der Waals surface area contributed by atoms with Gasteiger partial charge in [-0.2, -0.15) is 0 Å². The third kappa shape index (κ3) is 7.16. The van der Waals surface area contributed by atoms with E-state index >= 15 is 0 Å². The lowest BCUT2D eigenvalue weighted by Crippen LogP contribution is -2.20. The van der Waals surface area contributed by atoms with Crippen LogP contribution in [0.3, 0.4) is 0 Å². The van der Waals surface area contributed by atoms with E-state index in [0.717, 1.165) is 12.1 Å². The topological polar surface area (TPSA) is 30.5 Å². The van der Waals surface area contributed by atoms with Crippen LogP contribution >= 0.6 is 0 Å². The molecular weight excluding hydrogens is 271 g/mol. The van der Waals surface area contributed by atoms with E-state index in [9.17, 15) is 13.2 Å². The zero-order valence-electron chi connectivity index (χ0n) is 11.5. The fourth-order valence-electron chi connectivity index (χ4n) is 1.60. The van der Waals surface area contributed by atoms with Gasteiger partial charge in [0.1, 0.15) is 5.75 Å². The maximum atomic E-state index is 12.1. The lowest BCUT2D eigenvalue weighted by Gasteiger charge is -2.09. The van der Waals surface area contributed by atoms with Crippen LogP contribution in [0.2, 0.25) is 0 Å². The Kier molecular flexibility index (Phi) is 6.54. The Bertz CT molecular complexity index is 444. The third-order valence-corrected chi connectivity index (χ3v) is 2.39. The second kappa shape index (κ2) is 7.91. The molecule has 0 unspecified atom stereocenters. The summed E-state index contributed by atoms with van der Waals surface area (Å²) in [6.45, 7) is 3.88. The first-order valence-electron chi connectivity index (χ1n) is 6.13. The molecule has 3 nitrogen and oxygen atoms in total. The first-order valence-corrected chi connectivity index (χ1v) is 6.13. The second-order valence-corrected chi connectivity index (χ2v) is 4.28. The Labute approximate surface area is 116 Å².